The van der Waals surface area contributed by atoms with Gasteiger partial charge in [0, 0.05) is 18.7 Å². The molecule has 34 heavy (non-hydrogen) atoms. The van der Waals surface area contributed by atoms with E-state index < -0.39 is 51.9 Å². The summed E-state index contributed by atoms with van der Waals surface area (Å²) in [5.41, 5.74) is 3.02. The lowest BCUT2D eigenvalue weighted by molar-refractivity contribution is -0.383. The molecule has 1 aliphatic rings. The number of amides is 4. The van der Waals surface area contributed by atoms with E-state index >= 15 is 0 Å². The summed E-state index contributed by atoms with van der Waals surface area (Å²) >= 11 is 0. The number of nitrogens with zero attached hydrogens (tertiary/aromatic N) is 3. The molecule has 0 aliphatic carbocycles. The number of nitrogen functional groups attached to an aromatic ring is 1. The van der Waals surface area contributed by atoms with E-state index in [-0.39, 0.29) is 29.8 Å². The van der Waals surface area contributed by atoms with Crippen molar-refractivity contribution < 1.29 is 33.6 Å². The number of nitro benzene ring substituents is 1. The van der Waals surface area contributed by atoms with Crippen molar-refractivity contribution in [2.45, 2.75) is 72.1 Å². The zero-order valence-corrected chi connectivity index (χ0v) is 20.3. The molecule has 1 unspecified atom stereocenters. The van der Waals surface area contributed by atoms with Gasteiger partial charge in [0.05, 0.1) is 16.1 Å². The van der Waals surface area contributed by atoms with Crippen LogP contribution in [-0.4, -0.2) is 62.5 Å². The summed E-state index contributed by atoms with van der Waals surface area (Å²) in [5.74, 6) is -1.40. The van der Waals surface area contributed by atoms with Gasteiger partial charge in [0.25, 0.3) is 17.5 Å². The number of carbonyl (C=O) groups is 4. The fraction of sp³-hybridized carbons (Fsp3) is 0.545. The summed E-state index contributed by atoms with van der Waals surface area (Å²) in [7, 11) is 0. The second-order valence-corrected chi connectivity index (χ2v) is 9.94. The highest BCUT2D eigenvalue weighted by Crippen LogP contribution is 2.33. The number of ether oxygens (including phenoxy) is 2. The van der Waals surface area contributed by atoms with Crippen LogP contribution in [0.15, 0.2) is 12.1 Å². The molecule has 1 aromatic rings. The van der Waals surface area contributed by atoms with Crippen molar-refractivity contribution in [1.29, 1.82) is 0 Å². The molecule has 2 rings (SSSR count). The number of nitro groups is 1. The Labute approximate surface area is 197 Å². The molecule has 0 bridgehead atoms. The van der Waals surface area contributed by atoms with E-state index in [0.29, 0.717) is 0 Å². The van der Waals surface area contributed by atoms with E-state index in [1.165, 1.54) is 0 Å². The molecule has 0 saturated carbocycles. The first kappa shape index (κ1) is 26.6. The van der Waals surface area contributed by atoms with E-state index in [4.69, 9.17) is 15.2 Å². The molecule has 1 aromatic carbocycles. The number of carbonyl (C=O) groups excluding carboxylic acids is 4. The van der Waals surface area contributed by atoms with Gasteiger partial charge >= 0.3 is 12.2 Å². The number of imide groups is 2. The number of nitrogens with two attached hydrogens (primary N) is 1. The van der Waals surface area contributed by atoms with Gasteiger partial charge in [-0.1, -0.05) is 0 Å². The molecule has 0 saturated heterocycles. The number of hydrogen-bond donors (Lipinski definition) is 1. The summed E-state index contributed by atoms with van der Waals surface area (Å²) in [5, 5.41) is 11.2. The molecule has 4 amide bonds. The molecule has 0 radical (unpaired) electrons. The largest absolute Gasteiger partial charge is 0.443 e. The number of benzene rings is 1. The van der Waals surface area contributed by atoms with Crippen LogP contribution in [0.25, 0.3) is 0 Å². The maximum absolute atomic E-state index is 12.9. The van der Waals surface area contributed by atoms with Crippen molar-refractivity contribution in [2.24, 2.45) is 0 Å². The zero-order chi connectivity index (χ0) is 26.2. The van der Waals surface area contributed by atoms with Gasteiger partial charge in [-0.2, -0.15) is 0 Å². The molecule has 12 heteroatoms. The predicted molar refractivity (Wildman–Crippen MR) is 121 cm³/mol. The first-order chi connectivity index (χ1) is 15.4. The van der Waals surface area contributed by atoms with Gasteiger partial charge in [-0.3, -0.25) is 24.6 Å². The van der Waals surface area contributed by atoms with Gasteiger partial charge in [-0.05, 0) is 61.0 Å². The third-order valence-electron chi connectivity index (χ3n) is 4.70. The lowest BCUT2D eigenvalue weighted by Crippen LogP contribution is -2.46. The van der Waals surface area contributed by atoms with Crippen LogP contribution < -0.4 is 5.73 Å². The minimum Gasteiger partial charge on any atom is -0.443 e. The van der Waals surface area contributed by atoms with Crippen molar-refractivity contribution in [3.63, 3.8) is 0 Å². The second-order valence-electron chi connectivity index (χ2n) is 9.94. The van der Waals surface area contributed by atoms with Crippen molar-refractivity contribution >= 4 is 35.4 Å². The summed E-state index contributed by atoms with van der Waals surface area (Å²) in [4.78, 5) is 63.1. The van der Waals surface area contributed by atoms with Crippen LogP contribution in [0.2, 0.25) is 0 Å². The summed E-state index contributed by atoms with van der Waals surface area (Å²) in [6.07, 6.45) is -1.85. The van der Waals surface area contributed by atoms with Crippen LogP contribution >= 0.6 is 0 Å². The summed E-state index contributed by atoms with van der Waals surface area (Å²) in [6, 6.07) is 1.32. The number of rotatable bonds is 5. The molecule has 0 spiro atoms. The molecule has 0 fully saturated rings. The van der Waals surface area contributed by atoms with Gasteiger partial charge in [-0.25, -0.2) is 14.5 Å². The molecule has 1 atom stereocenters. The monoisotopic (exact) mass is 478 g/mol. The summed E-state index contributed by atoms with van der Waals surface area (Å²) in [6.45, 7) is 11.2. The quantitative estimate of drug-likeness (QED) is 0.287. The van der Waals surface area contributed by atoms with E-state index in [9.17, 15) is 29.3 Å². The first-order valence-electron chi connectivity index (χ1n) is 10.6. The van der Waals surface area contributed by atoms with E-state index in [2.05, 4.69) is 0 Å². The Kier molecular flexibility index (Phi) is 7.24. The molecular formula is C22H30N4O8. The van der Waals surface area contributed by atoms with Gasteiger partial charge < -0.3 is 15.2 Å². The molecule has 1 aliphatic heterocycles. The van der Waals surface area contributed by atoms with E-state index in [1.54, 1.807) is 48.5 Å². The van der Waals surface area contributed by atoms with E-state index in [1.807, 2.05) is 0 Å². The van der Waals surface area contributed by atoms with Crippen LogP contribution in [0.1, 0.15) is 75.6 Å². The van der Waals surface area contributed by atoms with Crippen LogP contribution in [-0.2, 0) is 9.47 Å². The number of hydrogen-bond acceptors (Lipinski definition) is 9. The topological polar surface area (TPSA) is 162 Å². The normalized spacial score (nSPS) is 14.5. The number of fused-ring (bicyclic) bond motifs is 1. The smallest absolute Gasteiger partial charge is 0.419 e. The third-order valence-corrected chi connectivity index (χ3v) is 4.70. The molecule has 2 N–H and O–H groups in total. The van der Waals surface area contributed by atoms with Crippen molar-refractivity contribution in [3.8, 4) is 0 Å². The third kappa shape index (κ3) is 6.00. The highest BCUT2D eigenvalue weighted by molar-refractivity contribution is 6.22. The van der Waals surface area contributed by atoms with Crippen molar-refractivity contribution in [3.05, 3.63) is 33.4 Å². The van der Waals surface area contributed by atoms with Gasteiger partial charge in [0.2, 0.25) is 0 Å². The molecule has 0 aromatic heterocycles. The van der Waals surface area contributed by atoms with Crippen LogP contribution in [0.5, 0.6) is 0 Å². The maximum Gasteiger partial charge on any atom is 0.419 e. The lowest BCUT2D eigenvalue weighted by Gasteiger charge is -2.30. The summed E-state index contributed by atoms with van der Waals surface area (Å²) < 4.78 is 10.6. The minimum absolute atomic E-state index is 0.0154. The second kappa shape index (κ2) is 9.27. The van der Waals surface area contributed by atoms with E-state index in [0.717, 1.165) is 21.9 Å². The molecule has 12 nitrogen and oxygen atoms in total. The SMILES string of the molecule is CC(CCN(C(=O)OC(C)(C)C)C(=O)OC(C)(C)C)N1C(=O)c2cc(N)c([N+](=O)[O-])cc2C1=O. The Hall–Kier alpha value is -3.70. The average Bonchev–Trinajstić information content (AvgIpc) is 2.87. The first-order valence-corrected chi connectivity index (χ1v) is 10.6. The maximum atomic E-state index is 12.9. The van der Waals surface area contributed by atoms with Crippen LogP contribution in [0.4, 0.5) is 21.0 Å². The van der Waals surface area contributed by atoms with Gasteiger partial charge in [0.1, 0.15) is 16.9 Å². The van der Waals surface area contributed by atoms with Crippen molar-refractivity contribution in [1.82, 2.24) is 9.80 Å². The number of anilines is 1. The standard InChI is InChI=1S/C22H30N4O8/c1-12(8-9-24(19(29)33-21(2,3)4)20(30)34-22(5,6)7)25-17(27)13-10-15(23)16(26(31)32)11-14(13)18(25)28/h10-12H,8-9,23H2,1-7H3. The van der Waals surface area contributed by atoms with Crippen molar-refractivity contribution in [2.75, 3.05) is 12.3 Å². The Morgan fingerprint density at radius 2 is 1.47 bits per heavy atom. The minimum atomic E-state index is -0.931. The zero-order valence-electron chi connectivity index (χ0n) is 20.3. The lowest BCUT2D eigenvalue weighted by atomic mass is 10.1. The van der Waals surface area contributed by atoms with Crippen LogP contribution in [0, 0.1) is 10.1 Å². The average molecular weight is 479 g/mol. The van der Waals surface area contributed by atoms with Gasteiger partial charge in [-0.15, -0.1) is 0 Å². The Morgan fingerprint density at radius 3 is 1.88 bits per heavy atom. The fourth-order valence-electron chi connectivity index (χ4n) is 3.21. The Bertz CT molecular complexity index is 1010. The fourth-order valence-corrected chi connectivity index (χ4v) is 3.21. The molecule has 1 heterocycles. The molecular weight excluding hydrogens is 448 g/mol. The highest BCUT2D eigenvalue weighted by atomic mass is 16.6. The molecule has 186 valence electrons. The van der Waals surface area contributed by atoms with Gasteiger partial charge in [0.15, 0.2) is 0 Å². The Balaban J connectivity index is 2.24. The Morgan fingerprint density at radius 1 is 1.03 bits per heavy atom. The van der Waals surface area contributed by atoms with Crippen LogP contribution in [0.3, 0.4) is 0 Å². The predicted octanol–water partition coefficient (Wildman–Crippen LogP) is 3.72. The highest BCUT2D eigenvalue weighted by Gasteiger charge is 2.41.